The Morgan fingerprint density at radius 2 is 2.35 bits per heavy atom. The Kier molecular flexibility index (Phi) is 3.84. The molecular weight excluding hydrogens is 256 g/mol. The van der Waals surface area contributed by atoms with Crippen LogP contribution in [0.25, 0.3) is 0 Å². The lowest BCUT2D eigenvalue weighted by molar-refractivity contribution is -0.133. The number of hydrogen-bond acceptors (Lipinski definition) is 5. The predicted molar refractivity (Wildman–Crippen MR) is 74.8 cm³/mol. The zero-order valence-corrected chi connectivity index (χ0v) is 11.4. The lowest BCUT2D eigenvalue weighted by Gasteiger charge is -2.34. The second-order valence-electron chi connectivity index (χ2n) is 5.40. The van der Waals surface area contributed by atoms with Crippen molar-refractivity contribution in [3.05, 3.63) is 23.9 Å². The van der Waals surface area contributed by atoms with Crippen molar-refractivity contribution >= 4 is 11.7 Å². The first-order chi connectivity index (χ1) is 9.72. The van der Waals surface area contributed by atoms with E-state index in [0.29, 0.717) is 31.6 Å². The molecule has 1 aliphatic heterocycles. The molecule has 1 aromatic heterocycles. The van der Waals surface area contributed by atoms with E-state index in [1.807, 2.05) is 12.1 Å². The van der Waals surface area contributed by atoms with Gasteiger partial charge in [0.2, 0.25) is 5.91 Å². The molecule has 2 aliphatic rings. The Bertz CT molecular complexity index is 490. The van der Waals surface area contributed by atoms with Gasteiger partial charge in [0.25, 0.3) is 0 Å². The smallest absolute Gasteiger partial charge is 0.239 e. The molecule has 6 nitrogen and oxygen atoms in total. The molecule has 1 saturated carbocycles. The summed E-state index contributed by atoms with van der Waals surface area (Å²) in [6.07, 6.45) is 2.19. The van der Waals surface area contributed by atoms with E-state index in [1.54, 1.807) is 6.07 Å². The van der Waals surface area contributed by atoms with Crippen LogP contribution in [0.5, 0.6) is 0 Å². The number of aromatic nitrogens is 1. The molecule has 0 radical (unpaired) electrons. The summed E-state index contributed by atoms with van der Waals surface area (Å²) in [5.74, 6) is 0.575. The van der Waals surface area contributed by atoms with Crippen LogP contribution in [-0.2, 0) is 16.1 Å². The van der Waals surface area contributed by atoms with Gasteiger partial charge in [-0.2, -0.15) is 0 Å². The molecule has 1 saturated heterocycles. The van der Waals surface area contributed by atoms with E-state index >= 15 is 0 Å². The molecule has 2 fully saturated rings. The van der Waals surface area contributed by atoms with Crippen LogP contribution in [0.1, 0.15) is 18.5 Å². The van der Waals surface area contributed by atoms with Crippen LogP contribution in [0.4, 0.5) is 5.82 Å². The van der Waals surface area contributed by atoms with Gasteiger partial charge in [-0.15, -0.1) is 0 Å². The molecule has 0 aromatic carbocycles. The van der Waals surface area contributed by atoms with E-state index in [1.165, 1.54) is 0 Å². The second-order valence-corrected chi connectivity index (χ2v) is 5.40. The minimum absolute atomic E-state index is 0.0658. The van der Waals surface area contributed by atoms with E-state index in [9.17, 15) is 4.79 Å². The number of carbonyl (C=O) groups is 1. The Morgan fingerprint density at radius 3 is 3.10 bits per heavy atom. The van der Waals surface area contributed by atoms with Gasteiger partial charge < -0.3 is 15.8 Å². The van der Waals surface area contributed by atoms with Crippen molar-refractivity contribution in [1.29, 1.82) is 0 Å². The van der Waals surface area contributed by atoms with Crippen LogP contribution in [-0.4, -0.2) is 47.6 Å². The summed E-state index contributed by atoms with van der Waals surface area (Å²) >= 11 is 0. The SMILES string of the molecule is Nc1cccc(CN2CCOCC2C(=O)NC2CC2)n1. The minimum atomic E-state index is -0.229. The number of anilines is 1. The van der Waals surface area contributed by atoms with E-state index in [0.717, 1.165) is 25.1 Å². The monoisotopic (exact) mass is 276 g/mol. The summed E-state index contributed by atoms with van der Waals surface area (Å²) in [5.41, 5.74) is 6.58. The van der Waals surface area contributed by atoms with Crippen molar-refractivity contribution in [1.82, 2.24) is 15.2 Å². The zero-order chi connectivity index (χ0) is 13.9. The number of nitrogens with zero attached hydrogens (tertiary/aromatic N) is 2. The van der Waals surface area contributed by atoms with Crippen LogP contribution in [0.2, 0.25) is 0 Å². The van der Waals surface area contributed by atoms with Crippen LogP contribution in [0, 0.1) is 0 Å². The number of nitrogen functional groups attached to an aromatic ring is 1. The molecule has 2 heterocycles. The quantitative estimate of drug-likeness (QED) is 0.818. The van der Waals surface area contributed by atoms with Crippen LogP contribution in [0.3, 0.4) is 0 Å². The number of amides is 1. The van der Waals surface area contributed by atoms with Gasteiger partial charge >= 0.3 is 0 Å². The van der Waals surface area contributed by atoms with E-state index in [4.69, 9.17) is 10.5 Å². The largest absolute Gasteiger partial charge is 0.384 e. The zero-order valence-electron chi connectivity index (χ0n) is 11.4. The van der Waals surface area contributed by atoms with Crippen molar-refractivity contribution in [2.24, 2.45) is 0 Å². The fraction of sp³-hybridized carbons (Fsp3) is 0.571. The first-order valence-electron chi connectivity index (χ1n) is 7.06. The summed E-state index contributed by atoms with van der Waals surface area (Å²) in [4.78, 5) is 18.7. The normalized spacial score (nSPS) is 23.5. The molecule has 3 N–H and O–H groups in total. The standard InChI is InChI=1S/C14H20N4O2/c15-13-3-1-2-11(16-13)8-18-6-7-20-9-12(18)14(19)17-10-4-5-10/h1-3,10,12H,4-9H2,(H2,15,16)(H,17,19). The Balaban J connectivity index is 1.66. The fourth-order valence-electron chi connectivity index (χ4n) is 2.39. The molecule has 1 aliphatic carbocycles. The third kappa shape index (κ3) is 3.26. The lowest BCUT2D eigenvalue weighted by Crippen LogP contribution is -2.53. The van der Waals surface area contributed by atoms with Gasteiger partial charge in [-0.05, 0) is 25.0 Å². The summed E-state index contributed by atoms with van der Waals surface area (Å²) in [7, 11) is 0. The highest BCUT2D eigenvalue weighted by atomic mass is 16.5. The van der Waals surface area contributed by atoms with Crippen LogP contribution < -0.4 is 11.1 Å². The first-order valence-corrected chi connectivity index (χ1v) is 7.06. The maximum Gasteiger partial charge on any atom is 0.239 e. The number of ether oxygens (including phenoxy) is 1. The average molecular weight is 276 g/mol. The number of carbonyl (C=O) groups excluding carboxylic acids is 1. The predicted octanol–water partition coefficient (Wildman–Crippen LogP) is 0.143. The summed E-state index contributed by atoms with van der Waals surface area (Å²) in [5, 5.41) is 3.05. The third-order valence-corrected chi connectivity index (χ3v) is 3.66. The molecule has 20 heavy (non-hydrogen) atoms. The summed E-state index contributed by atoms with van der Waals surface area (Å²) in [6.45, 7) is 2.45. The molecule has 3 rings (SSSR count). The third-order valence-electron chi connectivity index (χ3n) is 3.66. The number of nitrogens with two attached hydrogens (primary N) is 1. The lowest BCUT2D eigenvalue weighted by atomic mass is 10.2. The van der Waals surface area contributed by atoms with Gasteiger partial charge in [-0.1, -0.05) is 6.07 Å². The first kappa shape index (κ1) is 13.3. The van der Waals surface area contributed by atoms with Crippen molar-refractivity contribution < 1.29 is 9.53 Å². The molecule has 1 amide bonds. The van der Waals surface area contributed by atoms with Gasteiger partial charge in [-0.3, -0.25) is 9.69 Å². The van der Waals surface area contributed by atoms with Crippen LogP contribution in [0.15, 0.2) is 18.2 Å². The maximum absolute atomic E-state index is 12.2. The number of pyridine rings is 1. The van der Waals surface area contributed by atoms with E-state index in [-0.39, 0.29) is 11.9 Å². The van der Waals surface area contributed by atoms with E-state index < -0.39 is 0 Å². The molecule has 1 aromatic rings. The van der Waals surface area contributed by atoms with Crippen molar-refractivity contribution in [3.8, 4) is 0 Å². The van der Waals surface area contributed by atoms with Crippen molar-refractivity contribution in [3.63, 3.8) is 0 Å². The molecule has 0 bridgehead atoms. The number of hydrogen-bond donors (Lipinski definition) is 2. The van der Waals surface area contributed by atoms with Gasteiger partial charge in [0, 0.05) is 19.1 Å². The van der Waals surface area contributed by atoms with Gasteiger partial charge in [0.05, 0.1) is 18.9 Å². The van der Waals surface area contributed by atoms with Gasteiger partial charge in [0.1, 0.15) is 11.9 Å². The summed E-state index contributed by atoms with van der Waals surface area (Å²) in [6, 6.07) is 5.73. The van der Waals surface area contributed by atoms with E-state index in [2.05, 4.69) is 15.2 Å². The van der Waals surface area contributed by atoms with Gasteiger partial charge in [-0.25, -0.2) is 4.98 Å². The number of morpholine rings is 1. The Labute approximate surface area is 118 Å². The Hall–Kier alpha value is -1.66. The number of rotatable bonds is 4. The number of nitrogens with one attached hydrogen (secondary N) is 1. The molecule has 0 spiro atoms. The van der Waals surface area contributed by atoms with Crippen molar-refractivity contribution in [2.45, 2.75) is 31.5 Å². The molecule has 1 atom stereocenters. The van der Waals surface area contributed by atoms with Crippen LogP contribution >= 0.6 is 0 Å². The second kappa shape index (κ2) is 5.76. The Morgan fingerprint density at radius 1 is 1.50 bits per heavy atom. The highest BCUT2D eigenvalue weighted by molar-refractivity contribution is 5.82. The molecular formula is C14H20N4O2. The highest BCUT2D eigenvalue weighted by Crippen LogP contribution is 2.20. The molecule has 1 unspecified atom stereocenters. The maximum atomic E-state index is 12.2. The fourth-order valence-corrected chi connectivity index (χ4v) is 2.39. The van der Waals surface area contributed by atoms with Gasteiger partial charge in [0.15, 0.2) is 0 Å². The molecule has 108 valence electrons. The van der Waals surface area contributed by atoms with Crippen molar-refractivity contribution in [2.75, 3.05) is 25.5 Å². The summed E-state index contributed by atoms with van der Waals surface area (Å²) < 4.78 is 5.45. The average Bonchev–Trinajstić information content (AvgIpc) is 3.23. The topological polar surface area (TPSA) is 80.5 Å². The highest BCUT2D eigenvalue weighted by Gasteiger charge is 2.33. The minimum Gasteiger partial charge on any atom is -0.384 e. The molecule has 6 heteroatoms.